The molecule has 0 aromatic heterocycles. The van der Waals surface area contributed by atoms with E-state index in [2.05, 4.69) is 23.6 Å². The van der Waals surface area contributed by atoms with E-state index in [0.717, 1.165) is 18.4 Å². The van der Waals surface area contributed by atoms with Crippen LogP contribution < -0.4 is 10.6 Å². The molecule has 2 amide bonds. The molecule has 3 N–H and O–H groups in total. The molecule has 220 valence electrons. The second-order valence-corrected chi connectivity index (χ2v) is 11.3. The van der Waals surface area contributed by atoms with Gasteiger partial charge in [0.25, 0.3) is 0 Å². The Morgan fingerprint density at radius 1 is 1.21 bits per heavy atom. The fraction of sp³-hybridized carbons (Fsp3) is 0.759. The lowest BCUT2D eigenvalue weighted by Crippen LogP contribution is -2.52. The predicted octanol–water partition coefficient (Wildman–Crippen LogP) is 2.33. The summed E-state index contributed by atoms with van der Waals surface area (Å²) in [5.74, 6) is -0.633. The van der Waals surface area contributed by atoms with Crippen LogP contribution in [0.4, 0.5) is 0 Å². The van der Waals surface area contributed by atoms with Gasteiger partial charge in [0.05, 0.1) is 37.4 Å². The molecular weight excluding hydrogens is 504 g/mol. The monoisotopic (exact) mass is 550 g/mol. The van der Waals surface area contributed by atoms with Crippen molar-refractivity contribution < 1.29 is 38.4 Å². The number of carbonyl (C=O) groups excluding carboxylic acids is 3. The number of ether oxygens (including phenoxy) is 4. The first-order valence-electron chi connectivity index (χ1n) is 14.2. The number of aliphatic hydroxyl groups excluding tert-OH is 1. The maximum atomic E-state index is 12.3. The van der Waals surface area contributed by atoms with Crippen LogP contribution in [0.2, 0.25) is 0 Å². The highest BCUT2D eigenvalue weighted by molar-refractivity contribution is 5.80. The van der Waals surface area contributed by atoms with Crippen molar-refractivity contribution in [3.05, 3.63) is 23.8 Å². The summed E-state index contributed by atoms with van der Waals surface area (Å²) in [5.41, 5.74) is 0.384. The van der Waals surface area contributed by atoms with Crippen LogP contribution in [0.25, 0.3) is 0 Å². The van der Waals surface area contributed by atoms with E-state index in [0.29, 0.717) is 26.0 Å². The molecule has 1 spiro atoms. The largest absolute Gasteiger partial charge is 0.456 e. The number of aliphatic hydroxyl groups is 1. The zero-order valence-corrected chi connectivity index (χ0v) is 24.1. The van der Waals surface area contributed by atoms with Crippen LogP contribution in [0.3, 0.4) is 0 Å². The third-order valence-corrected chi connectivity index (χ3v) is 7.68. The molecule has 3 fully saturated rings. The molecule has 0 radical (unpaired) electrons. The van der Waals surface area contributed by atoms with Gasteiger partial charge in [-0.05, 0) is 46.0 Å². The minimum Gasteiger partial charge on any atom is -0.456 e. The number of allylic oxidation sites excluding steroid dienone is 2. The molecule has 0 aromatic rings. The third-order valence-electron chi connectivity index (χ3n) is 7.68. The van der Waals surface area contributed by atoms with Gasteiger partial charge in [-0.2, -0.15) is 0 Å². The average molecular weight is 551 g/mol. The molecular formula is C29H46N2O8. The van der Waals surface area contributed by atoms with E-state index >= 15 is 0 Å². The van der Waals surface area contributed by atoms with Crippen molar-refractivity contribution in [1.29, 1.82) is 0 Å². The number of rotatable bonds is 11. The number of hydrogen-bond acceptors (Lipinski definition) is 8. The summed E-state index contributed by atoms with van der Waals surface area (Å²) in [7, 11) is 0. The first kappa shape index (κ1) is 31.3. The van der Waals surface area contributed by atoms with Gasteiger partial charge in [0, 0.05) is 19.9 Å². The Morgan fingerprint density at radius 2 is 1.92 bits per heavy atom. The second kappa shape index (κ2) is 13.9. The molecule has 3 aliphatic rings. The molecule has 9 atom stereocenters. The zero-order chi connectivity index (χ0) is 28.7. The Hall–Kier alpha value is -2.27. The van der Waals surface area contributed by atoms with E-state index in [4.69, 9.17) is 18.9 Å². The number of hydrogen-bond donors (Lipinski definition) is 3. The molecule has 39 heavy (non-hydrogen) atoms. The molecule has 3 aliphatic heterocycles. The zero-order valence-electron chi connectivity index (χ0n) is 24.1. The highest BCUT2D eigenvalue weighted by Gasteiger charge is 2.60. The van der Waals surface area contributed by atoms with Crippen molar-refractivity contribution in [2.75, 3.05) is 13.2 Å². The highest BCUT2D eigenvalue weighted by Crippen LogP contribution is 2.45. The van der Waals surface area contributed by atoms with Crippen LogP contribution >= 0.6 is 0 Å². The Morgan fingerprint density at radius 3 is 2.54 bits per heavy atom. The van der Waals surface area contributed by atoms with E-state index < -0.39 is 29.9 Å². The smallest absolute Gasteiger partial charge is 0.303 e. The van der Waals surface area contributed by atoms with Crippen LogP contribution in [0.15, 0.2) is 23.8 Å². The first-order chi connectivity index (χ1) is 18.4. The molecule has 0 bridgehead atoms. The van der Waals surface area contributed by atoms with Crippen molar-refractivity contribution in [1.82, 2.24) is 10.6 Å². The highest BCUT2D eigenvalue weighted by atomic mass is 16.7. The summed E-state index contributed by atoms with van der Waals surface area (Å²) in [6.45, 7) is 11.9. The van der Waals surface area contributed by atoms with Gasteiger partial charge >= 0.3 is 5.97 Å². The van der Waals surface area contributed by atoms with Gasteiger partial charge in [0.15, 0.2) is 6.10 Å². The van der Waals surface area contributed by atoms with E-state index in [1.165, 1.54) is 13.8 Å². The Kier molecular flexibility index (Phi) is 11.1. The van der Waals surface area contributed by atoms with Crippen molar-refractivity contribution in [3.63, 3.8) is 0 Å². The van der Waals surface area contributed by atoms with E-state index in [1.54, 1.807) is 0 Å². The van der Waals surface area contributed by atoms with Gasteiger partial charge in [0.1, 0.15) is 17.8 Å². The third kappa shape index (κ3) is 8.86. The molecule has 1 unspecified atom stereocenters. The van der Waals surface area contributed by atoms with Crippen molar-refractivity contribution >= 4 is 17.8 Å². The van der Waals surface area contributed by atoms with E-state index in [-0.39, 0.29) is 48.5 Å². The fourth-order valence-corrected chi connectivity index (χ4v) is 5.31. The number of epoxide rings is 1. The quantitative estimate of drug-likeness (QED) is 0.203. The number of esters is 1. The predicted molar refractivity (Wildman–Crippen MR) is 145 cm³/mol. The standard InChI is InChI=1S/C29H46N2O8/c1-7-12-30-26(34)14-22-15-29(16-36-29)27(38-21(6)33)25(39-22)11-9-17(2)8-10-24-18(3)13-23(20(5)37-24)31-28(35)19(4)32/h8-9,11,18-20,22-25,27,32H,7,10,12-16H2,1-6H3,(H,30,34)(H,31,35)/b11-9+,17-8+/t18-,19?,20+,22+,23+,24-,25+,27+,29+/m0/s1. The van der Waals surface area contributed by atoms with Crippen molar-refractivity contribution in [2.45, 2.75) is 122 Å². The van der Waals surface area contributed by atoms with Gasteiger partial charge in [-0.3, -0.25) is 14.4 Å². The van der Waals surface area contributed by atoms with Gasteiger partial charge < -0.3 is 34.7 Å². The number of amides is 2. The first-order valence-corrected chi connectivity index (χ1v) is 14.2. The van der Waals surface area contributed by atoms with E-state index in [9.17, 15) is 19.5 Å². The molecule has 3 rings (SSSR count). The maximum Gasteiger partial charge on any atom is 0.303 e. The average Bonchev–Trinajstić information content (AvgIpc) is 3.63. The molecule has 3 heterocycles. The Labute approximate surface area is 231 Å². The lowest BCUT2D eigenvalue weighted by atomic mass is 9.87. The summed E-state index contributed by atoms with van der Waals surface area (Å²) >= 11 is 0. The van der Waals surface area contributed by atoms with Gasteiger partial charge in [-0.15, -0.1) is 0 Å². The van der Waals surface area contributed by atoms with Gasteiger partial charge in [-0.1, -0.05) is 37.6 Å². The summed E-state index contributed by atoms with van der Waals surface area (Å²) in [5, 5.41) is 15.3. The molecule has 0 saturated carbocycles. The second-order valence-electron chi connectivity index (χ2n) is 11.3. The van der Waals surface area contributed by atoms with Gasteiger partial charge in [0.2, 0.25) is 11.8 Å². The maximum absolute atomic E-state index is 12.3. The van der Waals surface area contributed by atoms with Gasteiger partial charge in [-0.25, -0.2) is 0 Å². The van der Waals surface area contributed by atoms with Crippen LogP contribution in [0.1, 0.15) is 73.6 Å². The van der Waals surface area contributed by atoms with Crippen molar-refractivity contribution in [3.8, 4) is 0 Å². The van der Waals surface area contributed by atoms with Crippen LogP contribution in [0.5, 0.6) is 0 Å². The summed E-state index contributed by atoms with van der Waals surface area (Å²) < 4.78 is 23.9. The SMILES string of the molecule is CCCNC(=O)C[C@@H]1C[C@@]2(CO2)[C@H](OC(C)=O)[C@@H](/C=C/C(C)=C/C[C@@H]2O[C@H](C)[C@H](NC(=O)C(C)O)C[C@@H]2C)O1. The lowest BCUT2D eigenvalue weighted by Gasteiger charge is -2.39. The number of nitrogens with one attached hydrogen (secondary N) is 2. The molecule has 10 nitrogen and oxygen atoms in total. The lowest BCUT2D eigenvalue weighted by molar-refractivity contribution is -0.179. The van der Waals surface area contributed by atoms with Crippen LogP contribution in [-0.4, -0.2) is 84.3 Å². The Bertz CT molecular complexity index is 928. The minimum absolute atomic E-state index is 0.00285. The summed E-state index contributed by atoms with van der Waals surface area (Å²) in [6.07, 6.45) is 6.30. The molecule has 10 heteroatoms. The molecule has 3 saturated heterocycles. The topological polar surface area (TPSA) is 136 Å². The minimum atomic E-state index is -1.05. The normalized spacial score (nSPS) is 35.5. The van der Waals surface area contributed by atoms with Crippen molar-refractivity contribution in [2.24, 2.45) is 5.92 Å². The summed E-state index contributed by atoms with van der Waals surface area (Å²) in [6, 6.07) is -0.140. The van der Waals surface area contributed by atoms with Crippen LogP contribution in [-0.2, 0) is 33.3 Å². The number of carbonyl (C=O) groups is 3. The van der Waals surface area contributed by atoms with E-state index in [1.807, 2.05) is 32.9 Å². The summed E-state index contributed by atoms with van der Waals surface area (Å²) in [4.78, 5) is 36.1. The molecule has 0 aliphatic carbocycles. The molecule has 0 aromatic carbocycles. The fourth-order valence-electron chi connectivity index (χ4n) is 5.31. The van der Waals surface area contributed by atoms with Crippen LogP contribution in [0, 0.1) is 5.92 Å². The Balaban J connectivity index is 1.62.